The van der Waals surface area contributed by atoms with Crippen LogP contribution in [-0.4, -0.2) is 61.5 Å². The second-order valence-electron chi connectivity index (χ2n) is 6.04. The molecule has 0 saturated carbocycles. The number of amides is 2. The zero-order chi connectivity index (χ0) is 16.7. The van der Waals surface area contributed by atoms with Crippen LogP contribution in [0.2, 0.25) is 0 Å². The molecule has 2 aliphatic rings. The smallest absolute Gasteiger partial charge is 0.239 e. The highest BCUT2D eigenvalue weighted by atomic mass is 32.1. The predicted molar refractivity (Wildman–Crippen MR) is 91.5 cm³/mol. The number of carbonyl (C=O) groups excluding carboxylic acids is 2. The first-order chi connectivity index (χ1) is 11.6. The lowest BCUT2D eigenvalue weighted by Crippen LogP contribution is -2.58. The Morgan fingerprint density at radius 3 is 3.00 bits per heavy atom. The van der Waals surface area contributed by atoms with Crippen molar-refractivity contribution in [3.05, 3.63) is 18.2 Å². The Labute approximate surface area is 143 Å². The number of piperazine rings is 1. The van der Waals surface area contributed by atoms with Gasteiger partial charge in [0.2, 0.25) is 11.8 Å². The maximum absolute atomic E-state index is 12.4. The number of nitrogens with one attached hydrogen (secondary N) is 1. The molecule has 2 fully saturated rings. The normalized spacial score (nSPS) is 18.5. The molecule has 0 atom stereocenters. The average molecular weight is 346 g/mol. The maximum atomic E-state index is 12.4. The van der Waals surface area contributed by atoms with E-state index in [1.54, 1.807) is 23.3 Å². The zero-order valence-electron chi connectivity index (χ0n) is 13.3. The van der Waals surface area contributed by atoms with Crippen LogP contribution in [0.15, 0.2) is 18.2 Å². The second kappa shape index (κ2) is 5.94. The summed E-state index contributed by atoms with van der Waals surface area (Å²) in [6.45, 7) is 2.64. The highest BCUT2D eigenvalue weighted by molar-refractivity contribution is 7.22. The number of hydrogen-bond donors (Lipinski definition) is 1. The van der Waals surface area contributed by atoms with E-state index in [0.717, 1.165) is 21.1 Å². The van der Waals surface area contributed by atoms with Gasteiger partial charge in [0.15, 0.2) is 5.13 Å². The average Bonchev–Trinajstić information content (AvgIpc) is 2.95. The number of benzene rings is 1. The monoisotopic (exact) mass is 346 g/mol. The van der Waals surface area contributed by atoms with Crippen molar-refractivity contribution in [1.82, 2.24) is 15.2 Å². The van der Waals surface area contributed by atoms with Gasteiger partial charge in [0.25, 0.3) is 0 Å². The second-order valence-corrected chi connectivity index (χ2v) is 7.05. The fourth-order valence-electron chi connectivity index (χ4n) is 3.03. The summed E-state index contributed by atoms with van der Waals surface area (Å²) < 4.78 is 6.31. The summed E-state index contributed by atoms with van der Waals surface area (Å²) in [6.07, 6.45) is 0. The summed E-state index contributed by atoms with van der Waals surface area (Å²) >= 11 is 1.61. The Kier molecular flexibility index (Phi) is 3.76. The van der Waals surface area contributed by atoms with Crippen molar-refractivity contribution in [3.8, 4) is 5.75 Å². The lowest BCUT2D eigenvalue weighted by atomic mass is 9.99. The SMILES string of the molecule is COc1ccc2nc(N3CC(C(=O)N4CCNC(=O)C4)C3)sc2c1. The van der Waals surface area contributed by atoms with Crippen LogP contribution in [0, 0.1) is 5.92 Å². The summed E-state index contributed by atoms with van der Waals surface area (Å²) in [5, 5.41) is 3.67. The van der Waals surface area contributed by atoms with Crippen LogP contribution in [0.3, 0.4) is 0 Å². The molecule has 2 aliphatic heterocycles. The van der Waals surface area contributed by atoms with Gasteiger partial charge in [0, 0.05) is 26.2 Å². The third kappa shape index (κ3) is 2.66. The molecule has 4 rings (SSSR count). The van der Waals surface area contributed by atoms with Crippen LogP contribution in [0.5, 0.6) is 5.75 Å². The van der Waals surface area contributed by atoms with E-state index in [0.29, 0.717) is 26.2 Å². The Balaban J connectivity index is 1.41. The van der Waals surface area contributed by atoms with E-state index in [2.05, 4.69) is 15.2 Å². The van der Waals surface area contributed by atoms with Crippen LogP contribution in [0.4, 0.5) is 5.13 Å². The van der Waals surface area contributed by atoms with E-state index in [9.17, 15) is 9.59 Å². The molecule has 2 saturated heterocycles. The molecule has 0 spiro atoms. The quantitative estimate of drug-likeness (QED) is 0.885. The van der Waals surface area contributed by atoms with Crippen molar-refractivity contribution in [1.29, 1.82) is 0 Å². The first-order valence-electron chi connectivity index (χ1n) is 7.89. The number of hydrogen-bond acceptors (Lipinski definition) is 6. The van der Waals surface area contributed by atoms with Gasteiger partial charge in [-0.05, 0) is 18.2 Å². The van der Waals surface area contributed by atoms with Gasteiger partial charge in [0.05, 0.1) is 29.8 Å². The molecule has 126 valence electrons. The first-order valence-corrected chi connectivity index (χ1v) is 8.71. The molecule has 3 heterocycles. The van der Waals surface area contributed by atoms with Crippen molar-refractivity contribution in [2.45, 2.75) is 0 Å². The number of methoxy groups -OCH3 is 1. The Bertz CT molecular complexity index is 800. The van der Waals surface area contributed by atoms with E-state index in [4.69, 9.17) is 4.74 Å². The molecule has 2 amide bonds. The highest BCUT2D eigenvalue weighted by Gasteiger charge is 2.37. The minimum atomic E-state index is -0.0779. The van der Waals surface area contributed by atoms with E-state index in [1.165, 1.54) is 0 Å². The number of carbonyl (C=O) groups is 2. The number of nitrogens with zero attached hydrogens (tertiary/aromatic N) is 3. The molecule has 1 aromatic carbocycles. The molecule has 1 N–H and O–H groups in total. The van der Waals surface area contributed by atoms with E-state index >= 15 is 0 Å². The number of fused-ring (bicyclic) bond motifs is 1. The summed E-state index contributed by atoms with van der Waals surface area (Å²) in [7, 11) is 1.65. The molecule has 1 aromatic heterocycles. The third-order valence-corrected chi connectivity index (χ3v) is 5.51. The molecule has 7 nitrogen and oxygen atoms in total. The molecule has 0 aliphatic carbocycles. The van der Waals surface area contributed by atoms with Crippen molar-refractivity contribution >= 4 is 38.5 Å². The van der Waals surface area contributed by atoms with Crippen molar-refractivity contribution in [2.24, 2.45) is 5.92 Å². The zero-order valence-corrected chi connectivity index (χ0v) is 14.1. The molecule has 0 unspecified atom stereocenters. The number of ether oxygens (including phenoxy) is 1. The Morgan fingerprint density at radius 1 is 1.42 bits per heavy atom. The molecule has 0 bridgehead atoms. The summed E-state index contributed by atoms with van der Waals surface area (Å²) in [4.78, 5) is 32.3. The Hall–Kier alpha value is -2.35. The topological polar surface area (TPSA) is 74.8 Å². The fourth-order valence-corrected chi connectivity index (χ4v) is 4.04. The molecule has 0 radical (unpaired) electrons. The van der Waals surface area contributed by atoms with E-state index < -0.39 is 0 Å². The molecule has 2 aromatic rings. The lowest BCUT2D eigenvalue weighted by Gasteiger charge is -2.41. The van der Waals surface area contributed by atoms with Gasteiger partial charge in [-0.3, -0.25) is 9.59 Å². The third-order valence-electron chi connectivity index (χ3n) is 4.44. The number of anilines is 1. The standard InChI is InChI=1S/C16H18N4O3S/c1-23-11-2-3-12-13(6-11)24-16(18-12)20-7-10(8-20)15(22)19-5-4-17-14(21)9-19/h2-3,6,10H,4-5,7-9H2,1H3,(H,17,21). The number of rotatable bonds is 3. The maximum Gasteiger partial charge on any atom is 0.239 e. The van der Waals surface area contributed by atoms with Gasteiger partial charge in [0.1, 0.15) is 5.75 Å². The molecular weight excluding hydrogens is 328 g/mol. The predicted octanol–water partition coefficient (Wildman–Crippen LogP) is 0.699. The lowest BCUT2D eigenvalue weighted by molar-refractivity contribution is -0.142. The van der Waals surface area contributed by atoms with E-state index in [1.807, 2.05) is 18.2 Å². The van der Waals surface area contributed by atoms with Crippen LogP contribution in [0.25, 0.3) is 10.2 Å². The number of thiazole rings is 1. The summed E-state index contributed by atoms with van der Waals surface area (Å²) in [5.74, 6) is 0.768. The highest BCUT2D eigenvalue weighted by Crippen LogP contribution is 2.35. The number of aromatic nitrogens is 1. The summed E-state index contributed by atoms with van der Waals surface area (Å²) in [6, 6.07) is 5.82. The first kappa shape index (κ1) is 15.2. The summed E-state index contributed by atoms with van der Waals surface area (Å²) in [5.41, 5.74) is 0.943. The van der Waals surface area contributed by atoms with Crippen LogP contribution < -0.4 is 15.0 Å². The van der Waals surface area contributed by atoms with Crippen molar-refractivity contribution in [2.75, 3.05) is 44.7 Å². The van der Waals surface area contributed by atoms with Gasteiger partial charge in [-0.2, -0.15) is 0 Å². The Morgan fingerprint density at radius 2 is 2.25 bits per heavy atom. The van der Waals surface area contributed by atoms with E-state index in [-0.39, 0.29) is 24.3 Å². The minimum Gasteiger partial charge on any atom is -0.497 e. The molecule has 8 heteroatoms. The molecular formula is C16H18N4O3S. The minimum absolute atomic E-state index is 0.0440. The molecule has 24 heavy (non-hydrogen) atoms. The van der Waals surface area contributed by atoms with Crippen LogP contribution in [0.1, 0.15) is 0 Å². The van der Waals surface area contributed by atoms with Gasteiger partial charge in [-0.15, -0.1) is 0 Å². The van der Waals surface area contributed by atoms with Gasteiger partial charge < -0.3 is 19.9 Å². The largest absolute Gasteiger partial charge is 0.497 e. The van der Waals surface area contributed by atoms with Gasteiger partial charge in [-0.1, -0.05) is 11.3 Å². The van der Waals surface area contributed by atoms with Crippen LogP contribution in [-0.2, 0) is 9.59 Å². The van der Waals surface area contributed by atoms with Crippen molar-refractivity contribution < 1.29 is 14.3 Å². The van der Waals surface area contributed by atoms with Crippen LogP contribution >= 0.6 is 11.3 Å². The van der Waals surface area contributed by atoms with Gasteiger partial charge >= 0.3 is 0 Å². The fraction of sp³-hybridized carbons (Fsp3) is 0.438. The van der Waals surface area contributed by atoms with Gasteiger partial charge in [-0.25, -0.2) is 4.98 Å². The van der Waals surface area contributed by atoms with Crippen molar-refractivity contribution in [3.63, 3.8) is 0 Å².